The van der Waals surface area contributed by atoms with Crippen LogP contribution in [0.4, 0.5) is 0 Å². The predicted octanol–water partition coefficient (Wildman–Crippen LogP) is 5.20. The lowest BCUT2D eigenvalue weighted by atomic mass is 10.1. The van der Waals surface area contributed by atoms with E-state index in [2.05, 4.69) is 91.0 Å². The Bertz CT molecular complexity index is 1010. The lowest BCUT2D eigenvalue weighted by Gasteiger charge is -2.28. The Kier molecular flexibility index (Phi) is 5.88. The topological polar surface area (TPSA) is 29.5 Å². The van der Waals surface area contributed by atoms with E-state index in [0.29, 0.717) is 5.75 Å². The van der Waals surface area contributed by atoms with Crippen LogP contribution in [0.2, 0.25) is 0 Å². The molecule has 0 atom stereocenters. The Morgan fingerprint density at radius 3 is 1.53 bits per heavy atom. The van der Waals surface area contributed by atoms with Crippen LogP contribution in [-0.4, -0.2) is 12.2 Å². The van der Waals surface area contributed by atoms with Gasteiger partial charge < -0.3 is 9.84 Å². The number of phenolic OH excluding ortho intramolecular Hbond substituents is 1. The maximum Gasteiger partial charge on any atom is 0.125 e. The molecule has 0 saturated carbocycles. The third-order valence-electron chi connectivity index (χ3n) is 5.59. The number of benzene rings is 4. The van der Waals surface area contributed by atoms with Gasteiger partial charge in [0.15, 0.2) is 0 Å². The first-order valence-electron chi connectivity index (χ1n) is 10.1. The Morgan fingerprint density at radius 2 is 1.13 bits per heavy atom. The second kappa shape index (κ2) is 8.73. The van der Waals surface area contributed by atoms with Gasteiger partial charge in [0.25, 0.3) is 0 Å². The van der Waals surface area contributed by atoms with E-state index in [9.17, 15) is 5.11 Å². The molecule has 0 amide bonds. The molecule has 0 spiro atoms. The van der Waals surface area contributed by atoms with Crippen LogP contribution in [0.1, 0.15) is 11.1 Å². The highest BCUT2D eigenvalue weighted by molar-refractivity contribution is 7.95. The molecule has 0 aromatic heterocycles. The lowest BCUT2D eigenvalue weighted by Crippen LogP contribution is -2.32. The van der Waals surface area contributed by atoms with Crippen molar-refractivity contribution in [3.05, 3.63) is 114 Å². The molecule has 0 aliphatic rings. The minimum absolute atomic E-state index is 0.350. The van der Waals surface area contributed by atoms with Crippen molar-refractivity contribution in [3.8, 4) is 11.5 Å². The van der Waals surface area contributed by atoms with Crippen LogP contribution < -0.4 is 20.7 Å². The summed E-state index contributed by atoms with van der Waals surface area (Å²) in [5.74, 6) is 1.12. The van der Waals surface area contributed by atoms with Crippen molar-refractivity contribution in [2.75, 3.05) is 7.11 Å². The van der Waals surface area contributed by atoms with Gasteiger partial charge in [0.2, 0.25) is 0 Å². The van der Waals surface area contributed by atoms with E-state index in [-0.39, 0.29) is 0 Å². The molecule has 150 valence electrons. The van der Waals surface area contributed by atoms with Gasteiger partial charge in [0.1, 0.15) is 40.8 Å². The van der Waals surface area contributed by atoms with Gasteiger partial charge in [0, 0.05) is 5.56 Å². The van der Waals surface area contributed by atoms with Gasteiger partial charge >= 0.3 is 0 Å². The smallest absolute Gasteiger partial charge is 0.125 e. The number of ether oxygens (including phenoxy) is 1. The molecule has 0 heterocycles. The zero-order chi connectivity index (χ0) is 21.0. The number of hydrogen-bond donors (Lipinski definition) is 1. The first-order valence-corrected chi connectivity index (χ1v) is 12.0. The molecule has 0 aliphatic heterocycles. The zero-order valence-electron chi connectivity index (χ0n) is 17.3. The van der Waals surface area contributed by atoms with E-state index in [0.717, 1.165) is 23.0 Å². The quantitative estimate of drug-likeness (QED) is 0.440. The summed E-state index contributed by atoms with van der Waals surface area (Å²) in [5.41, 5.74) is 1.74. The van der Waals surface area contributed by atoms with Gasteiger partial charge in [-0.1, -0.05) is 54.6 Å². The fourth-order valence-corrected chi connectivity index (χ4v) is 8.32. The maximum atomic E-state index is 11.0. The van der Waals surface area contributed by atoms with Gasteiger partial charge in [-0.25, -0.2) is 0 Å². The summed E-state index contributed by atoms with van der Waals surface area (Å²) in [7, 11) is -0.398. The molecule has 0 unspecified atom stereocenters. The average Bonchev–Trinajstić information content (AvgIpc) is 2.81. The van der Waals surface area contributed by atoms with E-state index < -0.39 is 7.26 Å². The number of rotatable bonds is 6. The number of methoxy groups -OCH3 is 1. The Balaban J connectivity index is 2.02. The van der Waals surface area contributed by atoms with E-state index in [1.807, 2.05) is 19.1 Å². The second-order valence-corrected chi connectivity index (χ2v) is 10.9. The highest BCUT2D eigenvalue weighted by atomic mass is 31.2. The normalized spacial score (nSPS) is 11.3. The van der Waals surface area contributed by atoms with Crippen LogP contribution in [0, 0.1) is 6.92 Å². The minimum atomic E-state index is -2.07. The van der Waals surface area contributed by atoms with E-state index in [1.54, 1.807) is 7.11 Å². The number of aromatic hydroxyl groups is 1. The molecule has 1 N–H and O–H groups in total. The van der Waals surface area contributed by atoms with Crippen molar-refractivity contribution in [1.82, 2.24) is 0 Å². The van der Waals surface area contributed by atoms with Crippen LogP contribution in [0.15, 0.2) is 103 Å². The molecule has 0 aliphatic carbocycles. The first kappa shape index (κ1) is 20.2. The van der Waals surface area contributed by atoms with Crippen molar-refractivity contribution in [2.45, 2.75) is 13.1 Å². The molecule has 0 saturated heterocycles. The molecule has 4 aromatic rings. The Labute approximate surface area is 179 Å². The summed E-state index contributed by atoms with van der Waals surface area (Å²) in [5, 5.41) is 14.9. The maximum absolute atomic E-state index is 11.0. The third-order valence-corrected chi connectivity index (χ3v) is 9.94. The summed E-state index contributed by atoms with van der Waals surface area (Å²) in [6.07, 6.45) is 0.717. The van der Waals surface area contributed by atoms with Crippen molar-refractivity contribution in [1.29, 1.82) is 0 Å². The van der Waals surface area contributed by atoms with E-state index in [1.165, 1.54) is 15.9 Å². The zero-order valence-corrected chi connectivity index (χ0v) is 18.2. The summed E-state index contributed by atoms with van der Waals surface area (Å²) in [6.45, 7) is 1.93. The fourth-order valence-electron chi connectivity index (χ4n) is 4.08. The summed E-state index contributed by atoms with van der Waals surface area (Å²) >= 11 is 0. The van der Waals surface area contributed by atoms with Gasteiger partial charge in [0.05, 0.1) is 7.11 Å². The van der Waals surface area contributed by atoms with Crippen molar-refractivity contribution >= 4 is 23.2 Å². The standard InChI is InChI=1S/C27H25O2P/c1-21-18-23(29-2)19-22(27(21)28)20-30(24-12-6-3-7-13-24,25-14-8-4-9-15-25)26-16-10-5-11-17-26/h3-19H,20H2,1-2H3/p+1. The lowest BCUT2D eigenvalue weighted by molar-refractivity contribution is 0.410. The Hall–Kier alpha value is -3.09. The molecule has 0 fully saturated rings. The third kappa shape index (κ3) is 3.72. The molecule has 3 heteroatoms. The SMILES string of the molecule is COc1cc(C)c(O)c(C[P+](c2ccccc2)(c2ccccc2)c2ccccc2)c1. The first-order chi connectivity index (χ1) is 14.6. The number of hydrogen-bond acceptors (Lipinski definition) is 2. The van der Waals surface area contributed by atoms with Crippen LogP contribution in [0.25, 0.3) is 0 Å². The average molecular weight is 413 g/mol. The van der Waals surface area contributed by atoms with Crippen molar-refractivity contribution in [2.24, 2.45) is 0 Å². The summed E-state index contributed by atoms with van der Waals surface area (Å²) in [4.78, 5) is 0. The van der Waals surface area contributed by atoms with Crippen molar-refractivity contribution in [3.63, 3.8) is 0 Å². The summed E-state index contributed by atoms with van der Waals surface area (Å²) in [6, 6.07) is 36.0. The van der Waals surface area contributed by atoms with Crippen LogP contribution in [-0.2, 0) is 6.16 Å². The highest BCUT2D eigenvalue weighted by Gasteiger charge is 2.46. The molecule has 4 aromatic carbocycles. The minimum Gasteiger partial charge on any atom is -0.507 e. The fraction of sp³-hybridized carbons (Fsp3) is 0.111. The second-order valence-electron chi connectivity index (χ2n) is 7.43. The predicted molar refractivity (Wildman–Crippen MR) is 128 cm³/mol. The van der Waals surface area contributed by atoms with Gasteiger partial charge in [-0.05, 0) is 61.0 Å². The molecule has 2 nitrogen and oxygen atoms in total. The van der Waals surface area contributed by atoms with E-state index in [4.69, 9.17) is 4.74 Å². The van der Waals surface area contributed by atoms with Crippen LogP contribution >= 0.6 is 7.26 Å². The van der Waals surface area contributed by atoms with Gasteiger partial charge in [-0.3, -0.25) is 0 Å². The molecule has 30 heavy (non-hydrogen) atoms. The van der Waals surface area contributed by atoms with Crippen molar-refractivity contribution < 1.29 is 9.84 Å². The molecule has 0 radical (unpaired) electrons. The molecule has 0 bridgehead atoms. The monoisotopic (exact) mass is 413 g/mol. The van der Waals surface area contributed by atoms with Crippen LogP contribution in [0.3, 0.4) is 0 Å². The Morgan fingerprint density at radius 1 is 0.700 bits per heavy atom. The molecular weight excluding hydrogens is 387 g/mol. The van der Waals surface area contributed by atoms with E-state index >= 15 is 0 Å². The largest absolute Gasteiger partial charge is 0.507 e. The van der Waals surface area contributed by atoms with Gasteiger partial charge in [-0.2, -0.15) is 0 Å². The number of phenols is 1. The molecular formula is C27H26O2P+. The van der Waals surface area contributed by atoms with Crippen LogP contribution in [0.5, 0.6) is 11.5 Å². The van der Waals surface area contributed by atoms with Gasteiger partial charge in [-0.15, -0.1) is 0 Å². The summed E-state index contributed by atoms with van der Waals surface area (Å²) < 4.78 is 5.52. The highest BCUT2D eigenvalue weighted by Crippen LogP contribution is 2.59. The molecule has 4 rings (SSSR count). The number of aryl methyl sites for hydroxylation is 1.